The van der Waals surface area contributed by atoms with Gasteiger partial charge in [-0.3, -0.25) is 0 Å². The van der Waals surface area contributed by atoms with Gasteiger partial charge >= 0.3 is 36.0 Å². The summed E-state index contributed by atoms with van der Waals surface area (Å²) in [5.74, 6) is 0. The van der Waals surface area contributed by atoms with E-state index in [1.165, 1.54) is 55.4 Å². The van der Waals surface area contributed by atoms with Crippen LogP contribution in [0.25, 0.3) is 11.4 Å². The molecule has 4 aromatic rings. The van der Waals surface area contributed by atoms with Gasteiger partial charge in [0.05, 0.1) is 15.7 Å². The molecular weight excluding hydrogens is 705 g/mol. The molecule has 0 spiro atoms. The van der Waals surface area contributed by atoms with Crippen LogP contribution in [0.2, 0.25) is 10.0 Å². The normalized spacial score (nSPS) is 13.4. The van der Waals surface area contributed by atoms with Crippen molar-refractivity contribution in [2.24, 2.45) is 0 Å². The molecule has 0 amide bonds. The topological polar surface area (TPSA) is 35.6 Å². The smallest absolute Gasteiger partial charge is 0.240 e. The quantitative estimate of drug-likeness (QED) is 0.197. The third kappa shape index (κ3) is 6.50. The van der Waals surface area contributed by atoms with E-state index in [2.05, 4.69) is 10.2 Å². The van der Waals surface area contributed by atoms with Crippen molar-refractivity contribution in [1.29, 1.82) is 0 Å². The van der Waals surface area contributed by atoms with E-state index >= 15 is 0 Å². The van der Waals surface area contributed by atoms with Crippen LogP contribution >= 0.6 is 23.2 Å². The van der Waals surface area contributed by atoms with E-state index in [0.717, 1.165) is 4.68 Å². The maximum atomic E-state index is 14.1. The van der Waals surface area contributed by atoms with E-state index in [1.54, 1.807) is 0 Å². The molecule has 252 valence electrons. The summed E-state index contributed by atoms with van der Waals surface area (Å²) in [6.07, 6.45) is -19.3. The molecule has 0 aliphatic rings. The highest BCUT2D eigenvalue weighted by Gasteiger charge is 2.74. The van der Waals surface area contributed by atoms with Crippen LogP contribution in [0.4, 0.5) is 61.5 Å². The van der Waals surface area contributed by atoms with Crippen molar-refractivity contribution in [1.82, 2.24) is 19.6 Å². The molecule has 0 fully saturated rings. The first-order valence-electron chi connectivity index (χ1n) is 12.0. The van der Waals surface area contributed by atoms with Crippen molar-refractivity contribution >= 4 is 23.2 Å². The number of aryl methyl sites for hydroxylation is 2. The van der Waals surface area contributed by atoms with E-state index in [9.17, 15) is 61.5 Å². The Morgan fingerprint density at radius 1 is 0.500 bits per heavy atom. The largest absolute Gasteiger partial charge is 0.435 e. The van der Waals surface area contributed by atoms with E-state index in [-0.39, 0.29) is 28.9 Å². The van der Waals surface area contributed by atoms with Crippen LogP contribution in [0.15, 0.2) is 61.2 Å². The number of hydrogen-bond acceptors (Lipinski definition) is 2. The number of nitrogens with zero attached hydrogens (tertiary/aromatic N) is 4. The van der Waals surface area contributed by atoms with Gasteiger partial charge in [-0.1, -0.05) is 35.3 Å². The van der Waals surface area contributed by atoms with Crippen molar-refractivity contribution in [2.75, 3.05) is 0 Å². The third-order valence-corrected chi connectivity index (χ3v) is 6.91. The van der Waals surface area contributed by atoms with Gasteiger partial charge in [-0.2, -0.15) is 62.9 Å². The summed E-state index contributed by atoms with van der Waals surface area (Å²) >= 11 is 11.4. The highest BCUT2D eigenvalue weighted by molar-refractivity contribution is 6.37. The zero-order valence-electron chi connectivity index (χ0n) is 22.6. The second-order valence-corrected chi connectivity index (χ2v) is 10.3. The second kappa shape index (κ2) is 12.2. The molecule has 4 rings (SSSR count). The van der Waals surface area contributed by atoms with Gasteiger partial charge in [-0.05, 0) is 49.2 Å². The molecule has 0 atom stereocenters. The molecule has 0 aliphatic heterocycles. The van der Waals surface area contributed by atoms with Gasteiger partial charge in [0, 0.05) is 35.9 Å². The minimum absolute atomic E-state index is 0.0409. The zero-order chi connectivity index (χ0) is 35.3. The summed E-state index contributed by atoms with van der Waals surface area (Å²) in [5.41, 5.74) is -14.1. The van der Waals surface area contributed by atoms with Crippen molar-refractivity contribution in [3.63, 3.8) is 0 Å². The Balaban J connectivity index is 0.000000250. The molecule has 20 heteroatoms. The zero-order valence-corrected chi connectivity index (χ0v) is 24.1. The maximum absolute atomic E-state index is 14.1. The van der Waals surface area contributed by atoms with Crippen molar-refractivity contribution in [2.45, 2.75) is 49.9 Å². The van der Waals surface area contributed by atoms with Crippen molar-refractivity contribution in [3.8, 4) is 11.4 Å². The molecule has 0 bridgehead atoms. The highest BCUT2D eigenvalue weighted by atomic mass is 35.5. The minimum Gasteiger partial charge on any atom is -0.240 e. The molecule has 0 saturated heterocycles. The van der Waals surface area contributed by atoms with Crippen LogP contribution in [0.3, 0.4) is 0 Å². The van der Waals surface area contributed by atoms with Crippen LogP contribution in [0.5, 0.6) is 0 Å². The Kier molecular flexibility index (Phi) is 9.83. The fourth-order valence-electron chi connectivity index (χ4n) is 4.28. The first-order chi connectivity index (χ1) is 20.8. The van der Waals surface area contributed by atoms with Crippen molar-refractivity contribution < 1.29 is 61.5 Å². The Labute approximate surface area is 259 Å². The Hall–Kier alpha value is -3.54. The summed E-state index contributed by atoms with van der Waals surface area (Å²) in [7, 11) is 0. The summed E-state index contributed by atoms with van der Waals surface area (Å²) < 4.78 is 184. The average Bonchev–Trinajstić information content (AvgIpc) is 3.60. The fourth-order valence-corrected chi connectivity index (χ4v) is 4.94. The molecule has 0 radical (unpaired) electrons. The Morgan fingerprint density at radius 3 is 1.09 bits per heavy atom. The fraction of sp³-hybridized carbons (Fsp3) is 0.308. The van der Waals surface area contributed by atoms with Gasteiger partial charge in [-0.25, -0.2) is 18.1 Å². The molecule has 0 unspecified atom stereocenters. The molecule has 46 heavy (non-hydrogen) atoms. The SMILES string of the molecule is Cc1cc(C(F)(C(F)(F)F)C(F)(F)F)cc(C)c1-n1cccn1.FC(F)(F)C(F)(c1cc(Cl)c(-n2cccn2)c(Cl)c1)C(F)(F)F. The van der Waals surface area contributed by atoms with Gasteiger partial charge in [0.1, 0.15) is 5.69 Å². The standard InChI is InChI=1S/C14H11F7N2.C12H5Cl2F7N2/c1-8-6-10(12(15,13(16,17)18)14(19,20)21)7-9(2)11(8)23-5-3-4-22-23;13-7-4-6(10(15,11(16,17)18)12(19,20)21)5-8(14)9(7)23-3-1-2-22-23/h3-7H,1-2H3;1-5H. The van der Waals surface area contributed by atoms with Gasteiger partial charge < -0.3 is 0 Å². The summed E-state index contributed by atoms with van der Waals surface area (Å²) in [5, 5.41) is 6.35. The predicted molar refractivity (Wildman–Crippen MR) is 136 cm³/mol. The molecule has 2 heterocycles. The molecular formula is C26H16Cl2F14N4. The predicted octanol–water partition coefficient (Wildman–Crippen LogP) is 10.2. The number of hydrogen-bond donors (Lipinski definition) is 0. The highest BCUT2D eigenvalue weighted by Crippen LogP contribution is 2.55. The van der Waals surface area contributed by atoms with Gasteiger partial charge in [0.25, 0.3) is 0 Å². The summed E-state index contributed by atoms with van der Waals surface area (Å²) in [4.78, 5) is 0. The number of benzene rings is 2. The Morgan fingerprint density at radius 2 is 0.804 bits per heavy atom. The number of rotatable bonds is 4. The molecule has 0 N–H and O–H groups in total. The number of alkyl halides is 14. The Bertz CT molecular complexity index is 1460. The van der Waals surface area contributed by atoms with Gasteiger partial charge in [0.2, 0.25) is 0 Å². The lowest BCUT2D eigenvalue weighted by atomic mass is 9.90. The van der Waals surface area contributed by atoms with E-state index in [4.69, 9.17) is 23.2 Å². The van der Waals surface area contributed by atoms with E-state index in [0.29, 0.717) is 17.8 Å². The van der Waals surface area contributed by atoms with E-state index < -0.39 is 57.2 Å². The maximum Gasteiger partial charge on any atom is 0.435 e. The van der Waals surface area contributed by atoms with Crippen LogP contribution in [-0.4, -0.2) is 44.3 Å². The van der Waals surface area contributed by atoms with Gasteiger partial charge in [0.15, 0.2) is 0 Å². The third-order valence-electron chi connectivity index (χ3n) is 6.33. The molecule has 2 aromatic carbocycles. The molecule has 0 saturated carbocycles. The van der Waals surface area contributed by atoms with Crippen LogP contribution in [-0.2, 0) is 11.3 Å². The van der Waals surface area contributed by atoms with Crippen LogP contribution in [0.1, 0.15) is 22.3 Å². The molecule has 0 aliphatic carbocycles. The first-order valence-corrected chi connectivity index (χ1v) is 12.8. The van der Waals surface area contributed by atoms with Crippen molar-refractivity contribution in [3.05, 3.63) is 93.5 Å². The lowest BCUT2D eigenvalue weighted by molar-refractivity contribution is -0.349. The number of aromatic nitrogens is 4. The summed E-state index contributed by atoms with van der Waals surface area (Å²) in [6, 6.07) is 4.51. The average molecular weight is 721 g/mol. The summed E-state index contributed by atoms with van der Waals surface area (Å²) in [6.45, 7) is 2.58. The van der Waals surface area contributed by atoms with Crippen LogP contribution < -0.4 is 0 Å². The number of halogens is 16. The first kappa shape index (κ1) is 36.9. The lowest BCUT2D eigenvalue weighted by Crippen LogP contribution is -2.50. The van der Waals surface area contributed by atoms with Gasteiger partial charge in [-0.15, -0.1) is 0 Å². The van der Waals surface area contributed by atoms with E-state index in [1.807, 2.05) is 0 Å². The monoisotopic (exact) mass is 720 g/mol. The minimum atomic E-state index is -6.24. The van der Waals surface area contributed by atoms with Crippen LogP contribution in [0, 0.1) is 13.8 Å². The lowest BCUT2D eigenvalue weighted by Gasteiger charge is -2.31. The second-order valence-electron chi connectivity index (χ2n) is 9.46. The molecule has 2 aromatic heterocycles. The molecule has 4 nitrogen and oxygen atoms in total.